The first-order valence-electron chi connectivity index (χ1n) is 4.26. The Bertz CT molecular complexity index is 336. The van der Waals surface area contributed by atoms with E-state index >= 15 is 0 Å². The lowest BCUT2D eigenvalue weighted by atomic mass is 10.1. The number of rotatable bonds is 3. The summed E-state index contributed by atoms with van der Waals surface area (Å²) >= 11 is 0. The number of esters is 1. The molecule has 0 fully saturated rings. The van der Waals surface area contributed by atoms with Crippen LogP contribution in [0, 0.1) is 5.82 Å². The molecule has 0 heterocycles. The molecule has 0 aliphatic rings. The molecule has 0 bridgehead atoms. The van der Waals surface area contributed by atoms with Crippen molar-refractivity contribution in [2.24, 2.45) is 0 Å². The smallest absolute Gasteiger partial charge is 0.341 e. The predicted octanol–water partition coefficient (Wildman–Crippen LogP) is 1.49. The standard InChI is InChI=1S/C10H11FO3/c1-2-14-10(13)9-7(6-12)4-3-5-8(9)11/h3-5,12H,2,6H2,1H3. The average molecular weight is 198 g/mol. The summed E-state index contributed by atoms with van der Waals surface area (Å²) in [5, 5.41) is 8.89. The highest BCUT2D eigenvalue weighted by Gasteiger charge is 2.16. The maximum atomic E-state index is 13.2. The summed E-state index contributed by atoms with van der Waals surface area (Å²) in [5.74, 6) is -1.41. The quantitative estimate of drug-likeness (QED) is 0.748. The zero-order valence-electron chi connectivity index (χ0n) is 7.79. The maximum Gasteiger partial charge on any atom is 0.341 e. The molecule has 0 unspecified atom stereocenters. The Morgan fingerprint density at radius 1 is 1.57 bits per heavy atom. The molecule has 1 aromatic rings. The lowest BCUT2D eigenvalue weighted by Crippen LogP contribution is -2.10. The molecule has 1 aromatic carbocycles. The summed E-state index contributed by atoms with van der Waals surface area (Å²) in [4.78, 5) is 11.3. The van der Waals surface area contributed by atoms with Gasteiger partial charge in [-0.1, -0.05) is 12.1 Å². The number of aliphatic hydroxyl groups excluding tert-OH is 1. The number of carbonyl (C=O) groups is 1. The zero-order chi connectivity index (χ0) is 10.6. The molecule has 3 nitrogen and oxygen atoms in total. The molecule has 76 valence electrons. The van der Waals surface area contributed by atoms with E-state index in [0.29, 0.717) is 0 Å². The highest BCUT2D eigenvalue weighted by Crippen LogP contribution is 2.14. The molecule has 4 heteroatoms. The van der Waals surface area contributed by atoms with Crippen molar-refractivity contribution in [1.82, 2.24) is 0 Å². The number of carbonyl (C=O) groups excluding carboxylic acids is 1. The van der Waals surface area contributed by atoms with Gasteiger partial charge in [0.1, 0.15) is 11.4 Å². The first-order valence-corrected chi connectivity index (χ1v) is 4.26. The van der Waals surface area contributed by atoms with Gasteiger partial charge in [0, 0.05) is 0 Å². The Morgan fingerprint density at radius 3 is 2.86 bits per heavy atom. The number of hydrogen-bond acceptors (Lipinski definition) is 3. The van der Waals surface area contributed by atoms with E-state index in [-0.39, 0.29) is 24.3 Å². The van der Waals surface area contributed by atoms with Crippen LogP contribution in [-0.4, -0.2) is 17.7 Å². The Hall–Kier alpha value is -1.42. The fraction of sp³-hybridized carbons (Fsp3) is 0.300. The van der Waals surface area contributed by atoms with Gasteiger partial charge >= 0.3 is 5.97 Å². The molecule has 0 aliphatic carbocycles. The Balaban J connectivity index is 3.10. The SMILES string of the molecule is CCOC(=O)c1c(F)cccc1CO. The van der Waals surface area contributed by atoms with Gasteiger partial charge in [0.05, 0.1) is 13.2 Å². The Kier molecular flexibility index (Phi) is 3.59. The van der Waals surface area contributed by atoms with Crippen LogP contribution in [-0.2, 0) is 11.3 Å². The molecule has 0 aromatic heterocycles. The van der Waals surface area contributed by atoms with Crippen molar-refractivity contribution < 1.29 is 19.0 Å². The molecule has 0 saturated carbocycles. The van der Waals surface area contributed by atoms with E-state index in [1.54, 1.807) is 6.92 Å². The van der Waals surface area contributed by atoms with Crippen LogP contribution < -0.4 is 0 Å². The summed E-state index contributed by atoms with van der Waals surface area (Å²) in [6.07, 6.45) is 0. The van der Waals surface area contributed by atoms with Crippen LogP contribution in [0.5, 0.6) is 0 Å². The van der Waals surface area contributed by atoms with E-state index in [4.69, 9.17) is 5.11 Å². The first kappa shape index (κ1) is 10.7. The highest BCUT2D eigenvalue weighted by atomic mass is 19.1. The number of hydrogen-bond donors (Lipinski definition) is 1. The van der Waals surface area contributed by atoms with Crippen LogP contribution in [0.1, 0.15) is 22.8 Å². The lowest BCUT2D eigenvalue weighted by Gasteiger charge is -2.07. The molecule has 0 aliphatic heterocycles. The first-order chi connectivity index (χ1) is 6.70. The highest BCUT2D eigenvalue weighted by molar-refractivity contribution is 5.91. The van der Waals surface area contributed by atoms with Gasteiger partial charge in [-0.2, -0.15) is 0 Å². The van der Waals surface area contributed by atoms with Crippen molar-refractivity contribution in [1.29, 1.82) is 0 Å². The van der Waals surface area contributed by atoms with Crippen LogP contribution in [0.4, 0.5) is 4.39 Å². The lowest BCUT2D eigenvalue weighted by molar-refractivity contribution is 0.0517. The molecular formula is C10H11FO3. The molecule has 0 atom stereocenters. The fourth-order valence-electron chi connectivity index (χ4n) is 1.13. The molecule has 0 radical (unpaired) electrons. The van der Waals surface area contributed by atoms with Crippen molar-refractivity contribution in [3.05, 3.63) is 35.1 Å². The van der Waals surface area contributed by atoms with Crippen molar-refractivity contribution in [3.8, 4) is 0 Å². The second-order valence-electron chi connectivity index (χ2n) is 2.65. The normalized spacial score (nSPS) is 9.93. The van der Waals surface area contributed by atoms with Crippen LogP contribution >= 0.6 is 0 Å². The fourth-order valence-corrected chi connectivity index (χ4v) is 1.13. The second kappa shape index (κ2) is 4.72. The molecular weight excluding hydrogens is 187 g/mol. The third-order valence-corrected chi connectivity index (χ3v) is 1.75. The molecule has 0 spiro atoms. The molecule has 0 amide bonds. The number of benzene rings is 1. The summed E-state index contributed by atoms with van der Waals surface area (Å²) in [6.45, 7) is 1.43. The van der Waals surface area contributed by atoms with Crippen molar-refractivity contribution in [3.63, 3.8) is 0 Å². The summed E-state index contributed by atoms with van der Waals surface area (Å²) in [6, 6.07) is 4.07. The van der Waals surface area contributed by atoms with Gasteiger partial charge in [-0.3, -0.25) is 0 Å². The van der Waals surface area contributed by atoms with Crippen molar-refractivity contribution in [2.75, 3.05) is 6.61 Å². The molecule has 1 rings (SSSR count). The molecule has 0 saturated heterocycles. The Labute approximate surface area is 81.1 Å². The van der Waals surface area contributed by atoms with E-state index in [0.717, 1.165) is 6.07 Å². The van der Waals surface area contributed by atoms with Gasteiger partial charge in [0.15, 0.2) is 0 Å². The van der Waals surface area contributed by atoms with E-state index < -0.39 is 11.8 Å². The molecule has 1 N–H and O–H groups in total. The van der Waals surface area contributed by atoms with E-state index in [2.05, 4.69) is 4.74 Å². The van der Waals surface area contributed by atoms with Crippen molar-refractivity contribution >= 4 is 5.97 Å². The van der Waals surface area contributed by atoms with Crippen molar-refractivity contribution in [2.45, 2.75) is 13.5 Å². The van der Waals surface area contributed by atoms with Crippen LogP contribution in [0.2, 0.25) is 0 Å². The largest absolute Gasteiger partial charge is 0.462 e. The minimum Gasteiger partial charge on any atom is -0.462 e. The third kappa shape index (κ3) is 2.09. The van der Waals surface area contributed by atoms with E-state index in [9.17, 15) is 9.18 Å². The summed E-state index contributed by atoms with van der Waals surface area (Å²) in [5.41, 5.74) is 0.0558. The van der Waals surface area contributed by atoms with Crippen LogP contribution in [0.25, 0.3) is 0 Å². The number of halogens is 1. The number of aliphatic hydroxyl groups is 1. The predicted molar refractivity (Wildman–Crippen MR) is 48.3 cm³/mol. The topological polar surface area (TPSA) is 46.5 Å². The van der Waals surface area contributed by atoms with E-state index in [1.165, 1.54) is 12.1 Å². The molecule has 14 heavy (non-hydrogen) atoms. The minimum absolute atomic E-state index is 0.179. The second-order valence-corrected chi connectivity index (χ2v) is 2.65. The maximum absolute atomic E-state index is 13.2. The van der Waals surface area contributed by atoms with Gasteiger partial charge in [-0.25, -0.2) is 9.18 Å². The van der Waals surface area contributed by atoms with Gasteiger partial charge in [-0.05, 0) is 18.6 Å². The third-order valence-electron chi connectivity index (χ3n) is 1.75. The average Bonchev–Trinajstić information content (AvgIpc) is 2.17. The van der Waals surface area contributed by atoms with Gasteiger partial charge in [0.25, 0.3) is 0 Å². The minimum atomic E-state index is -0.741. The van der Waals surface area contributed by atoms with Crippen LogP contribution in [0.3, 0.4) is 0 Å². The van der Waals surface area contributed by atoms with Crippen LogP contribution in [0.15, 0.2) is 18.2 Å². The van der Waals surface area contributed by atoms with Gasteiger partial charge < -0.3 is 9.84 Å². The Morgan fingerprint density at radius 2 is 2.29 bits per heavy atom. The number of ether oxygens (including phenoxy) is 1. The van der Waals surface area contributed by atoms with Gasteiger partial charge in [0.2, 0.25) is 0 Å². The summed E-state index contributed by atoms with van der Waals surface area (Å²) in [7, 11) is 0. The van der Waals surface area contributed by atoms with E-state index in [1.807, 2.05) is 0 Å². The summed E-state index contributed by atoms with van der Waals surface area (Å²) < 4.78 is 17.9. The van der Waals surface area contributed by atoms with Gasteiger partial charge in [-0.15, -0.1) is 0 Å². The monoisotopic (exact) mass is 198 g/mol. The zero-order valence-corrected chi connectivity index (χ0v) is 7.79.